The van der Waals surface area contributed by atoms with Crippen LogP contribution in [-0.4, -0.2) is 49.0 Å². The van der Waals surface area contributed by atoms with Crippen LogP contribution in [0.1, 0.15) is 11.7 Å². The summed E-state index contributed by atoms with van der Waals surface area (Å²) >= 11 is 5.82. The van der Waals surface area contributed by atoms with E-state index in [0.29, 0.717) is 42.6 Å². The molecule has 1 aliphatic rings. The molecule has 1 fully saturated rings. The molecule has 7 heteroatoms. The zero-order valence-electron chi connectivity index (χ0n) is 14.1. The second-order valence-corrected chi connectivity index (χ2v) is 6.65. The lowest BCUT2D eigenvalue weighted by Crippen LogP contribution is -2.43. The van der Waals surface area contributed by atoms with Crippen LogP contribution in [0, 0.1) is 11.6 Å². The Morgan fingerprint density at radius 2 is 1.96 bits per heavy atom. The van der Waals surface area contributed by atoms with Gasteiger partial charge in [-0.25, -0.2) is 8.78 Å². The lowest BCUT2D eigenvalue weighted by Gasteiger charge is -2.34. The van der Waals surface area contributed by atoms with Gasteiger partial charge in [0.2, 0.25) is 0 Å². The molecule has 0 bridgehead atoms. The van der Waals surface area contributed by atoms with Crippen molar-refractivity contribution in [2.75, 3.05) is 32.8 Å². The first kappa shape index (κ1) is 19.0. The van der Waals surface area contributed by atoms with Gasteiger partial charge in [-0.1, -0.05) is 17.7 Å². The summed E-state index contributed by atoms with van der Waals surface area (Å²) in [5.74, 6) is -1.13. The number of nitrogens with zero attached hydrogens (tertiary/aromatic N) is 1. The molecule has 2 aromatic rings. The van der Waals surface area contributed by atoms with Gasteiger partial charge in [-0.15, -0.1) is 0 Å². The molecule has 2 aromatic carbocycles. The Bertz CT molecular complexity index is 729. The Morgan fingerprint density at radius 3 is 2.69 bits per heavy atom. The molecule has 0 aromatic heterocycles. The van der Waals surface area contributed by atoms with E-state index in [1.54, 1.807) is 24.3 Å². The topological polar surface area (TPSA) is 41.9 Å². The quantitative estimate of drug-likeness (QED) is 0.829. The first-order chi connectivity index (χ1) is 12.5. The van der Waals surface area contributed by atoms with Crippen LogP contribution in [-0.2, 0) is 4.74 Å². The summed E-state index contributed by atoms with van der Waals surface area (Å²) in [4.78, 5) is 2.02. The molecule has 1 aliphatic heterocycles. The second kappa shape index (κ2) is 8.77. The van der Waals surface area contributed by atoms with Gasteiger partial charge < -0.3 is 14.6 Å². The average Bonchev–Trinajstić information content (AvgIpc) is 2.64. The van der Waals surface area contributed by atoms with E-state index < -0.39 is 17.7 Å². The Morgan fingerprint density at radius 1 is 1.19 bits per heavy atom. The highest BCUT2D eigenvalue weighted by atomic mass is 35.5. The first-order valence-corrected chi connectivity index (χ1v) is 8.74. The van der Waals surface area contributed by atoms with Crippen molar-refractivity contribution in [3.63, 3.8) is 0 Å². The molecule has 0 saturated carbocycles. The van der Waals surface area contributed by atoms with Crippen LogP contribution in [0.4, 0.5) is 8.78 Å². The number of aliphatic hydroxyl groups excluding tert-OH is 1. The lowest BCUT2D eigenvalue weighted by molar-refractivity contribution is -0.0460. The molecule has 1 saturated heterocycles. The van der Waals surface area contributed by atoms with Gasteiger partial charge in [0.1, 0.15) is 18.5 Å². The van der Waals surface area contributed by atoms with Crippen molar-refractivity contribution < 1.29 is 23.4 Å². The summed E-state index contributed by atoms with van der Waals surface area (Å²) in [7, 11) is 0. The molecule has 0 spiro atoms. The van der Waals surface area contributed by atoms with Crippen LogP contribution in [0.3, 0.4) is 0 Å². The highest BCUT2D eigenvalue weighted by molar-refractivity contribution is 6.30. The third-order valence-corrected chi connectivity index (χ3v) is 4.44. The predicted octanol–water partition coefficient (Wildman–Crippen LogP) is 3.43. The van der Waals surface area contributed by atoms with Crippen molar-refractivity contribution in [2.45, 2.75) is 12.2 Å². The van der Waals surface area contributed by atoms with Crippen molar-refractivity contribution in [2.24, 2.45) is 0 Å². The van der Waals surface area contributed by atoms with E-state index >= 15 is 0 Å². The summed E-state index contributed by atoms with van der Waals surface area (Å²) in [6, 6.07) is 10.7. The number of aliphatic hydroxyl groups is 1. The fraction of sp³-hybridized carbons (Fsp3) is 0.368. The number of β-amino-alcohol motifs (C(OH)–C–C–N with tert-alkyl or cyclic N) is 1. The van der Waals surface area contributed by atoms with Gasteiger partial charge in [0.05, 0.1) is 12.7 Å². The van der Waals surface area contributed by atoms with Crippen LogP contribution < -0.4 is 4.74 Å². The Hall–Kier alpha value is -1.73. The largest absolute Gasteiger partial charge is 0.491 e. The summed E-state index contributed by atoms with van der Waals surface area (Å²) in [5, 5.41) is 10.8. The van der Waals surface area contributed by atoms with E-state index in [2.05, 4.69) is 0 Å². The fourth-order valence-corrected chi connectivity index (χ4v) is 2.98. The Kier molecular flexibility index (Phi) is 6.43. The standard InChI is InChI=1S/C19H20ClF2NO3/c20-14-2-4-16(5-3-14)26-12-15(24)10-23-7-8-25-19(11-23)13-1-6-17(21)18(22)9-13/h1-6,9,15,19,24H,7-8,10-12H2. The van der Waals surface area contributed by atoms with Crippen LogP contribution >= 0.6 is 11.6 Å². The number of ether oxygens (including phenoxy) is 2. The SMILES string of the molecule is OC(COc1ccc(Cl)cc1)CN1CCOC(c2ccc(F)c(F)c2)C1. The highest BCUT2D eigenvalue weighted by Crippen LogP contribution is 2.24. The van der Waals surface area contributed by atoms with Gasteiger partial charge >= 0.3 is 0 Å². The maximum atomic E-state index is 13.4. The number of halogens is 3. The summed E-state index contributed by atoms with van der Waals surface area (Å²) in [6.07, 6.45) is -1.04. The van der Waals surface area contributed by atoms with Crippen LogP contribution in [0.2, 0.25) is 5.02 Å². The fourth-order valence-electron chi connectivity index (χ4n) is 2.86. The predicted molar refractivity (Wildman–Crippen MR) is 94.4 cm³/mol. The van der Waals surface area contributed by atoms with Crippen molar-refractivity contribution >= 4 is 11.6 Å². The number of benzene rings is 2. The minimum atomic E-state index is -0.889. The molecule has 0 radical (unpaired) electrons. The van der Waals surface area contributed by atoms with Gasteiger partial charge in [0, 0.05) is 24.7 Å². The normalized spacial score (nSPS) is 19.3. The smallest absolute Gasteiger partial charge is 0.159 e. The van der Waals surface area contributed by atoms with Crippen LogP contribution in [0.15, 0.2) is 42.5 Å². The lowest BCUT2D eigenvalue weighted by atomic mass is 10.1. The van der Waals surface area contributed by atoms with E-state index in [1.165, 1.54) is 6.07 Å². The van der Waals surface area contributed by atoms with Gasteiger partial charge in [-0.2, -0.15) is 0 Å². The number of hydrogen-bond donors (Lipinski definition) is 1. The van der Waals surface area contributed by atoms with Crippen molar-refractivity contribution in [1.29, 1.82) is 0 Å². The van der Waals surface area contributed by atoms with Gasteiger partial charge in [0.15, 0.2) is 11.6 Å². The average molecular weight is 384 g/mol. The van der Waals surface area contributed by atoms with E-state index in [9.17, 15) is 13.9 Å². The first-order valence-electron chi connectivity index (χ1n) is 8.36. The summed E-state index contributed by atoms with van der Waals surface area (Å²) in [6.45, 7) is 2.14. The molecule has 4 nitrogen and oxygen atoms in total. The molecule has 1 heterocycles. The highest BCUT2D eigenvalue weighted by Gasteiger charge is 2.24. The molecular weight excluding hydrogens is 364 g/mol. The molecule has 0 amide bonds. The molecule has 2 unspecified atom stereocenters. The molecule has 140 valence electrons. The Labute approximate surface area is 155 Å². The number of rotatable bonds is 6. The molecule has 0 aliphatic carbocycles. The zero-order valence-corrected chi connectivity index (χ0v) is 14.8. The van der Waals surface area contributed by atoms with Gasteiger partial charge in [-0.05, 0) is 42.0 Å². The third-order valence-electron chi connectivity index (χ3n) is 4.19. The third kappa shape index (κ3) is 5.14. The second-order valence-electron chi connectivity index (χ2n) is 6.21. The maximum Gasteiger partial charge on any atom is 0.159 e. The van der Waals surface area contributed by atoms with Crippen molar-refractivity contribution in [3.05, 3.63) is 64.7 Å². The van der Waals surface area contributed by atoms with E-state index in [-0.39, 0.29) is 12.7 Å². The van der Waals surface area contributed by atoms with E-state index in [4.69, 9.17) is 21.1 Å². The number of morpholine rings is 1. The van der Waals surface area contributed by atoms with Gasteiger partial charge in [-0.3, -0.25) is 4.90 Å². The molecule has 2 atom stereocenters. The molecular formula is C19H20ClF2NO3. The van der Waals surface area contributed by atoms with Crippen LogP contribution in [0.25, 0.3) is 0 Å². The maximum absolute atomic E-state index is 13.4. The molecule has 26 heavy (non-hydrogen) atoms. The van der Waals surface area contributed by atoms with E-state index in [0.717, 1.165) is 12.1 Å². The summed E-state index contributed by atoms with van der Waals surface area (Å²) in [5.41, 5.74) is 0.584. The minimum Gasteiger partial charge on any atom is -0.491 e. The molecule has 1 N–H and O–H groups in total. The monoisotopic (exact) mass is 383 g/mol. The van der Waals surface area contributed by atoms with Crippen molar-refractivity contribution in [3.8, 4) is 5.75 Å². The molecule has 3 rings (SSSR count). The Balaban J connectivity index is 1.50. The summed E-state index contributed by atoms with van der Waals surface area (Å²) < 4.78 is 37.7. The zero-order chi connectivity index (χ0) is 18.5. The van der Waals surface area contributed by atoms with Crippen LogP contribution in [0.5, 0.6) is 5.75 Å². The minimum absolute atomic E-state index is 0.148. The number of hydrogen-bond acceptors (Lipinski definition) is 4. The van der Waals surface area contributed by atoms with E-state index in [1.807, 2.05) is 4.90 Å². The van der Waals surface area contributed by atoms with Gasteiger partial charge in [0.25, 0.3) is 0 Å². The van der Waals surface area contributed by atoms with Crippen molar-refractivity contribution in [1.82, 2.24) is 4.90 Å².